The van der Waals surface area contributed by atoms with Crippen LogP contribution >= 0.6 is 0 Å². The van der Waals surface area contributed by atoms with E-state index in [0.29, 0.717) is 44.6 Å². The highest BCUT2D eigenvalue weighted by molar-refractivity contribution is 7.89. The Balaban J connectivity index is 1.58. The number of anilines is 1. The smallest absolute Gasteiger partial charge is 0.243 e. The van der Waals surface area contributed by atoms with Crippen LogP contribution in [0.5, 0.6) is 0 Å². The maximum absolute atomic E-state index is 13.2. The highest BCUT2D eigenvalue weighted by Gasteiger charge is 2.50. The van der Waals surface area contributed by atoms with Crippen LogP contribution in [0.15, 0.2) is 23.1 Å². The minimum atomic E-state index is -3.70. The predicted octanol–water partition coefficient (Wildman–Crippen LogP) is 0.582. The van der Waals surface area contributed by atoms with Gasteiger partial charge in [0.15, 0.2) is 0 Å². The van der Waals surface area contributed by atoms with Gasteiger partial charge in [-0.05, 0) is 36.6 Å². The van der Waals surface area contributed by atoms with Crippen LogP contribution in [-0.2, 0) is 30.8 Å². The number of hydrogen-bond acceptors (Lipinski definition) is 5. The van der Waals surface area contributed by atoms with Crippen molar-refractivity contribution in [2.45, 2.75) is 42.7 Å². The number of ether oxygens (including phenoxy) is 1. The lowest BCUT2D eigenvalue weighted by Crippen LogP contribution is -2.40. The molecule has 2 amide bonds. The van der Waals surface area contributed by atoms with Crippen molar-refractivity contribution < 1.29 is 22.7 Å². The minimum Gasteiger partial charge on any atom is -0.383 e. The zero-order valence-corrected chi connectivity index (χ0v) is 16.0. The fraction of sp³-hybridized carbons (Fsp3) is 0.556. The molecule has 0 spiro atoms. The van der Waals surface area contributed by atoms with Crippen molar-refractivity contribution in [2.75, 3.05) is 32.1 Å². The van der Waals surface area contributed by atoms with Crippen LogP contribution in [-0.4, -0.2) is 68.3 Å². The SMILES string of the molecule is COCCN1C(=O)C[C@H]2[C@@H]1CCN2S(=O)(=O)c1ccc2c(c1)CCC(=O)N2. The molecule has 27 heavy (non-hydrogen) atoms. The molecule has 1 N–H and O–H groups in total. The Bertz CT molecular complexity index is 885. The number of methoxy groups -OCH3 is 1. The summed E-state index contributed by atoms with van der Waals surface area (Å²) in [5.74, 6) is -0.0730. The van der Waals surface area contributed by atoms with Crippen LogP contribution in [0.4, 0.5) is 5.69 Å². The van der Waals surface area contributed by atoms with Gasteiger partial charge < -0.3 is 15.0 Å². The molecule has 3 aliphatic heterocycles. The van der Waals surface area contributed by atoms with Gasteiger partial charge in [0.2, 0.25) is 21.8 Å². The zero-order valence-electron chi connectivity index (χ0n) is 15.2. The van der Waals surface area contributed by atoms with Gasteiger partial charge in [-0.1, -0.05) is 0 Å². The summed E-state index contributed by atoms with van der Waals surface area (Å²) in [7, 11) is -2.11. The number of benzene rings is 1. The third kappa shape index (κ3) is 3.13. The Morgan fingerprint density at radius 3 is 2.81 bits per heavy atom. The van der Waals surface area contributed by atoms with E-state index in [1.165, 1.54) is 10.4 Å². The summed E-state index contributed by atoms with van der Waals surface area (Å²) in [6.07, 6.45) is 1.74. The fourth-order valence-corrected chi connectivity index (χ4v) is 6.05. The van der Waals surface area contributed by atoms with Crippen LogP contribution in [0.25, 0.3) is 0 Å². The van der Waals surface area contributed by atoms with Gasteiger partial charge >= 0.3 is 0 Å². The number of hydrogen-bond donors (Lipinski definition) is 1. The molecule has 8 nitrogen and oxygen atoms in total. The van der Waals surface area contributed by atoms with Crippen LogP contribution in [0.3, 0.4) is 0 Å². The molecule has 3 aliphatic rings. The van der Waals surface area contributed by atoms with E-state index >= 15 is 0 Å². The highest BCUT2D eigenvalue weighted by atomic mass is 32.2. The van der Waals surface area contributed by atoms with Crippen LogP contribution < -0.4 is 5.32 Å². The summed E-state index contributed by atoms with van der Waals surface area (Å²) >= 11 is 0. The molecule has 3 heterocycles. The lowest BCUT2D eigenvalue weighted by Gasteiger charge is -2.25. The summed E-state index contributed by atoms with van der Waals surface area (Å²) in [5.41, 5.74) is 1.50. The van der Waals surface area contributed by atoms with Gasteiger partial charge in [-0.2, -0.15) is 4.31 Å². The predicted molar refractivity (Wildman–Crippen MR) is 97.7 cm³/mol. The summed E-state index contributed by atoms with van der Waals surface area (Å²) < 4.78 is 33.0. The fourth-order valence-electron chi connectivity index (χ4n) is 4.33. The lowest BCUT2D eigenvalue weighted by molar-refractivity contribution is -0.129. The summed E-state index contributed by atoms with van der Waals surface area (Å²) in [4.78, 5) is 25.8. The maximum atomic E-state index is 13.2. The monoisotopic (exact) mass is 393 g/mol. The molecule has 0 bridgehead atoms. The van der Waals surface area contributed by atoms with E-state index in [-0.39, 0.29) is 35.2 Å². The summed E-state index contributed by atoms with van der Waals surface area (Å²) in [6.45, 7) is 1.34. The molecule has 2 atom stereocenters. The molecule has 0 unspecified atom stereocenters. The quantitative estimate of drug-likeness (QED) is 0.790. The molecule has 2 fully saturated rings. The summed E-state index contributed by atoms with van der Waals surface area (Å²) in [6, 6.07) is 4.43. The molecular weight excluding hydrogens is 370 g/mol. The van der Waals surface area contributed by atoms with E-state index < -0.39 is 10.0 Å². The van der Waals surface area contributed by atoms with E-state index in [0.717, 1.165) is 5.56 Å². The minimum absolute atomic E-state index is 0.0184. The second-order valence-electron chi connectivity index (χ2n) is 7.19. The number of fused-ring (bicyclic) bond motifs is 2. The van der Waals surface area contributed by atoms with Crippen molar-refractivity contribution in [3.8, 4) is 0 Å². The molecule has 1 aromatic rings. The van der Waals surface area contributed by atoms with Gasteiger partial charge in [0.1, 0.15) is 0 Å². The van der Waals surface area contributed by atoms with E-state index in [2.05, 4.69) is 5.32 Å². The molecule has 0 radical (unpaired) electrons. The Labute approximate surface area is 158 Å². The Morgan fingerprint density at radius 2 is 2.04 bits per heavy atom. The third-order valence-corrected chi connectivity index (χ3v) is 7.60. The first-order valence-electron chi connectivity index (χ1n) is 9.15. The molecule has 0 aromatic heterocycles. The van der Waals surface area contributed by atoms with Crippen molar-refractivity contribution in [3.05, 3.63) is 23.8 Å². The molecule has 2 saturated heterocycles. The number of nitrogens with zero attached hydrogens (tertiary/aromatic N) is 2. The molecule has 0 saturated carbocycles. The normalized spacial score (nSPS) is 25.4. The molecule has 4 rings (SSSR count). The first-order valence-corrected chi connectivity index (χ1v) is 10.6. The second kappa shape index (κ2) is 6.88. The number of aryl methyl sites for hydroxylation is 1. The van der Waals surface area contributed by atoms with Gasteiger partial charge in [0.25, 0.3) is 0 Å². The molecule has 9 heteroatoms. The van der Waals surface area contributed by atoms with Crippen LogP contribution in [0, 0.1) is 0 Å². The van der Waals surface area contributed by atoms with Crippen molar-refractivity contribution in [3.63, 3.8) is 0 Å². The standard InChI is InChI=1S/C18H23N3O5S/c1-26-9-8-20-15-6-7-21(16(15)11-18(20)23)27(24,25)13-3-4-14-12(10-13)2-5-17(22)19-14/h3-4,10,15-16H,2,5-9,11H2,1H3,(H,19,22)/t15-,16-/m0/s1. The van der Waals surface area contributed by atoms with Crippen LogP contribution in [0.1, 0.15) is 24.8 Å². The van der Waals surface area contributed by atoms with Crippen molar-refractivity contribution in [1.29, 1.82) is 0 Å². The lowest BCUT2D eigenvalue weighted by atomic mass is 10.0. The largest absolute Gasteiger partial charge is 0.383 e. The number of rotatable bonds is 5. The van der Waals surface area contributed by atoms with E-state index in [1.807, 2.05) is 0 Å². The number of amides is 2. The van der Waals surface area contributed by atoms with E-state index in [4.69, 9.17) is 4.74 Å². The maximum Gasteiger partial charge on any atom is 0.243 e. The van der Waals surface area contributed by atoms with E-state index in [9.17, 15) is 18.0 Å². The van der Waals surface area contributed by atoms with Gasteiger partial charge in [0, 0.05) is 38.7 Å². The molecule has 0 aliphatic carbocycles. The summed E-state index contributed by atoms with van der Waals surface area (Å²) in [5, 5.41) is 2.77. The Morgan fingerprint density at radius 1 is 1.22 bits per heavy atom. The number of sulfonamides is 1. The Kier molecular flexibility index (Phi) is 4.69. The van der Waals surface area contributed by atoms with Gasteiger partial charge in [-0.25, -0.2) is 8.42 Å². The van der Waals surface area contributed by atoms with Crippen molar-refractivity contribution >= 4 is 27.5 Å². The van der Waals surface area contributed by atoms with Gasteiger partial charge in [-0.15, -0.1) is 0 Å². The second-order valence-corrected chi connectivity index (χ2v) is 9.08. The molecule has 1 aromatic carbocycles. The zero-order chi connectivity index (χ0) is 19.2. The van der Waals surface area contributed by atoms with Crippen molar-refractivity contribution in [1.82, 2.24) is 9.21 Å². The van der Waals surface area contributed by atoms with Crippen molar-refractivity contribution in [2.24, 2.45) is 0 Å². The Hall–Kier alpha value is -1.97. The number of carbonyl (C=O) groups is 2. The number of carbonyl (C=O) groups excluding carboxylic acids is 2. The van der Waals surface area contributed by atoms with Gasteiger partial charge in [-0.3, -0.25) is 9.59 Å². The van der Waals surface area contributed by atoms with E-state index in [1.54, 1.807) is 24.1 Å². The first kappa shape index (κ1) is 18.4. The third-order valence-electron chi connectivity index (χ3n) is 5.68. The average Bonchev–Trinajstić information content (AvgIpc) is 3.18. The molecule has 146 valence electrons. The highest BCUT2D eigenvalue weighted by Crippen LogP contribution is 2.37. The molecular formula is C18H23N3O5S. The van der Waals surface area contributed by atoms with Crippen LogP contribution in [0.2, 0.25) is 0 Å². The van der Waals surface area contributed by atoms with Gasteiger partial charge in [0.05, 0.1) is 23.6 Å². The number of likely N-dealkylation sites (tertiary alicyclic amines) is 1. The number of nitrogens with one attached hydrogen (secondary N) is 1. The average molecular weight is 393 g/mol. The first-order chi connectivity index (χ1) is 12.9. The topological polar surface area (TPSA) is 96.0 Å².